The van der Waals surface area contributed by atoms with Crippen molar-refractivity contribution in [2.24, 2.45) is 17.3 Å². The number of aliphatic hydroxyl groups is 1. The van der Waals surface area contributed by atoms with E-state index in [4.69, 9.17) is 40.0 Å². The molecule has 14 heteroatoms. The van der Waals surface area contributed by atoms with E-state index in [1.807, 2.05) is 0 Å². The first kappa shape index (κ1) is 35.0. The zero-order chi connectivity index (χ0) is 33.5. The van der Waals surface area contributed by atoms with E-state index >= 15 is 0 Å². The molecule has 244 valence electrons. The standard InChI is InChI=1S/C30H39ClO13/c1-13-10-11-20(39-15(3)32)28(8)21(40-16(4)33)12-22(41-17(5)34)29(9,44-19(7)36)24(28)26(42-18(6)35)30(38)14(2)27(37)43-25(30)23(13)31/h10-11,14,20-26,38H,1,12H2,2-9H3. The number of ether oxygens (including phenoxy) is 6. The van der Waals surface area contributed by atoms with Crippen LogP contribution in [0.5, 0.6) is 0 Å². The first-order valence-corrected chi connectivity index (χ1v) is 14.5. The molecule has 0 aromatic heterocycles. The van der Waals surface area contributed by atoms with Gasteiger partial charge in [-0.25, -0.2) is 0 Å². The summed E-state index contributed by atoms with van der Waals surface area (Å²) in [6, 6.07) is 0. The number of allylic oxidation sites excluding steroid dienone is 1. The lowest BCUT2D eigenvalue weighted by atomic mass is 9.51. The number of hydrogen-bond donors (Lipinski definition) is 1. The third-order valence-corrected chi connectivity index (χ3v) is 9.35. The summed E-state index contributed by atoms with van der Waals surface area (Å²) in [6.07, 6.45) is -4.88. The lowest BCUT2D eigenvalue weighted by Crippen LogP contribution is -2.75. The van der Waals surface area contributed by atoms with E-state index in [1.54, 1.807) is 0 Å². The van der Waals surface area contributed by atoms with Gasteiger partial charge < -0.3 is 33.5 Å². The predicted molar refractivity (Wildman–Crippen MR) is 151 cm³/mol. The zero-order valence-electron chi connectivity index (χ0n) is 25.9. The average molecular weight is 643 g/mol. The number of fused-ring (bicyclic) bond motifs is 2. The van der Waals surface area contributed by atoms with Crippen LogP contribution in [-0.4, -0.2) is 88.0 Å². The fourth-order valence-electron chi connectivity index (χ4n) is 6.98. The normalized spacial score (nSPS) is 40.0. The van der Waals surface area contributed by atoms with Crippen LogP contribution < -0.4 is 0 Å². The zero-order valence-corrected chi connectivity index (χ0v) is 26.7. The highest BCUT2D eigenvalue weighted by molar-refractivity contribution is 6.23. The minimum absolute atomic E-state index is 0.137. The molecular weight excluding hydrogens is 604 g/mol. The average Bonchev–Trinajstić information content (AvgIpc) is 3.11. The van der Waals surface area contributed by atoms with Crippen LogP contribution >= 0.6 is 11.6 Å². The summed E-state index contributed by atoms with van der Waals surface area (Å²) in [6.45, 7) is 13.7. The van der Waals surface area contributed by atoms with Crippen molar-refractivity contribution < 1.29 is 62.3 Å². The number of carbonyl (C=O) groups excluding carboxylic acids is 6. The maximum Gasteiger partial charge on any atom is 0.312 e. The van der Waals surface area contributed by atoms with Crippen LogP contribution in [0.25, 0.3) is 0 Å². The summed E-state index contributed by atoms with van der Waals surface area (Å²) in [4.78, 5) is 76.1. The molecule has 11 unspecified atom stereocenters. The summed E-state index contributed by atoms with van der Waals surface area (Å²) in [5.41, 5.74) is -6.03. The maximum absolute atomic E-state index is 13.1. The third kappa shape index (κ3) is 6.08. The van der Waals surface area contributed by atoms with Crippen LogP contribution in [0.1, 0.15) is 61.8 Å². The number of hydrogen-bond acceptors (Lipinski definition) is 13. The highest BCUT2D eigenvalue weighted by Crippen LogP contribution is 2.59. The Morgan fingerprint density at radius 3 is 1.93 bits per heavy atom. The molecule has 3 rings (SSSR count). The number of carbonyl (C=O) groups is 6. The molecule has 44 heavy (non-hydrogen) atoms. The summed E-state index contributed by atoms with van der Waals surface area (Å²) in [5, 5.41) is 11.4. The highest BCUT2D eigenvalue weighted by Gasteiger charge is 2.75. The van der Waals surface area contributed by atoms with Crippen molar-refractivity contribution >= 4 is 47.4 Å². The molecule has 1 N–H and O–H groups in total. The molecule has 0 amide bonds. The van der Waals surface area contributed by atoms with Crippen molar-refractivity contribution in [3.8, 4) is 0 Å². The van der Waals surface area contributed by atoms with E-state index in [-0.39, 0.29) is 12.0 Å². The Balaban J connectivity index is 2.59. The Bertz CT molecular complexity index is 1280. The van der Waals surface area contributed by atoms with E-state index in [9.17, 15) is 33.9 Å². The molecule has 0 aromatic rings. The Kier molecular flexibility index (Phi) is 9.96. The van der Waals surface area contributed by atoms with Gasteiger partial charge in [-0.2, -0.15) is 0 Å². The highest BCUT2D eigenvalue weighted by atomic mass is 35.5. The van der Waals surface area contributed by atoms with Crippen molar-refractivity contribution in [2.75, 3.05) is 0 Å². The van der Waals surface area contributed by atoms with Gasteiger partial charge in [0.1, 0.15) is 24.4 Å². The van der Waals surface area contributed by atoms with Crippen LogP contribution in [0.4, 0.5) is 0 Å². The molecule has 11 atom stereocenters. The molecule has 1 saturated heterocycles. The molecule has 0 aromatic carbocycles. The Morgan fingerprint density at radius 2 is 1.43 bits per heavy atom. The Morgan fingerprint density at radius 1 is 0.909 bits per heavy atom. The van der Waals surface area contributed by atoms with E-state index in [1.165, 1.54) is 32.9 Å². The summed E-state index contributed by atoms with van der Waals surface area (Å²) >= 11 is 6.75. The van der Waals surface area contributed by atoms with Gasteiger partial charge in [0.25, 0.3) is 0 Å². The second-order valence-electron chi connectivity index (χ2n) is 11.9. The summed E-state index contributed by atoms with van der Waals surface area (Å²) in [5.74, 6) is -7.93. The topological polar surface area (TPSA) is 178 Å². The van der Waals surface area contributed by atoms with Gasteiger partial charge in [-0.1, -0.05) is 19.6 Å². The van der Waals surface area contributed by atoms with Crippen molar-refractivity contribution in [3.05, 3.63) is 24.3 Å². The van der Waals surface area contributed by atoms with E-state index in [2.05, 4.69) is 6.58 Å². The first-order chi connectivity index (χ1) is 20.2. The second kappa shape index (κ2) is 12.5. The van der Waals surface area contributed by atoms with E-state index in [0.29, 0.717) is 0 Å². The van der Waals surface area contributed by atoms with Crippen LogP contribution in [0.15, 0.2) is 24.3 Å². The molecular formula is C30H39ClO13. The van der Waals surface area contributed by atoms with Gasteiger partial charge in [-0.3, -0.25) is 28.8 Å². The van der Waals surface area contributed by atoms with Crippen LogP contribution in [0.2, 0.25) is 0 Å². The van der Waals surface area contributed by atoms with Gasteiger partial charge in [0.2, 0.25) is 0 Å². The van der Waals surface area contributed by atoms with Crippen molar-refractivity contribution in [1.29, 1.82) is 0 Å². The molecule has 0 spiro atoms. The lowest BCUT2D eigenvalue weighted by molar-refractivity contribution is -0.291. The summed E-state index contributed by atoms with van der Waals surface area (Å²) in [7, 11) is 0. The van der Waals surface area contributed by atoms with Crippen LogP contribution in [0, 0.1) is 17.3 Å². The van der Waals surface area contributed by atoms with Crippen LogP contribution in [-0.2, 0) is 57.2 Å². The van der Waals surface area contributed by atoms with Gasteiger partial charge in [-0.05, 0) is 25.5 Å². The molecule has 2 aliphatic carbocycles. The quantitative estimate of drug-likeness (QED) is 0.262. The monoisotopic (exact) mass is 642 g/mol. The molecule has 0 radical (unpaired) electrons. The first-order valence-electron chi connectivity index (χ1n) is 14.0. The predicted octanol–water partition coefficient (Wildman–Crippen LogP) is 2.09. The largest absolute Gasteiger partial charge is 0.462 e. The summed E-state index contributed by atoms with van der Waals surface area (Å²) < 4.78 is 34.6. The van der Waals surface area contributed by atoms with Crippen LogP contribution in [0.3, 0.4) is 0 Å². The minimum Gasteiger partial charge on any atom is -0.462 e. The smallest absolute Gasteiger partial charge is 0.312 e. The fourth-order valence-corrected chi connectivity index (χ4v) is 7.31. The van der Waals surface area contributed by atoms with Gasteiger partial charge >= 0.3 is 35.8 Å². The maximum atomic E-state index is 13.1. The molecule has 1 aliphatic heterocycles. The lowest BCUT2D eigenvalue weighted by Gasteiger charge is -2.61. The van der Waals surface area contributed by atoms with Crippen molar-refractivity contribution in [2.45, 2.75) is 109 Å². The SMILES string of the molecule is C=C1C=CC(OC(C)=O)C2(C)C(OC(C)=O)CC(OC(C)=O)C(C)(OC(C)=O)C2C(OC(C)=O)C2(O)C(C)C(=O)OC2C1Cl. The molecule has 13 nitrogen and oxygen atoms in total. The molecule has 0 bridgehead atoms. The number of rotatable bonds is 5. The molecule has 3 aliphatic rings. The molecule has 2 fully saturated rings. The number of esters is 6. The van der Waals surface area contributed by atoms with Gasteiger partial charge in [0, 0.05) is 41.0 Å². The van der Waals surface area contributed by atoms with Gasteiger partial charge in [0.15, 0.2) is 17.3 Å². The number of halogens is 1. The fraction of sp³-hybridized carbons (Fsp3) is 0.667. The van der Waals surface area contributed by atoms with E-state index in [0.717, 1.165) is 34.6 Å². The Hall–Kier alpha value is -3.45. The van der Waals surface area contributed by atoms with Gasteiger partial charge in [0.05, 0.1) is 22.6 Å². The van der Waals surface area contributed by atoms with Crippen molar-refractivity contribution in [3.63, 3.8) is 0 Å². The van der Waals surface area contributed by atoms with E-state index < -0.39 is 100 Å². The molecule has 1 saturated carbocycles. The third-order valence-electron chi connectivity index (χ3n) is 8.84. The van der Waals surface area contributed by atoms with Crippen molar-refractivity contribution in [1.82, 2.24) is 0 Å². The Labute approximate surface area is 260 Å². The second-order valence-corrected chi connectivity index (χ2v) is 12.4. The number of alkyl halides is 1. The van der Waals surface area contributed by atoms with Gasteiger partial charge in [-0.15, -0.1) is 11.6 Å². The minimum atomic E-state index is -2.45. The molecule has 1 heterocycles.